The van der Waals surface area contributed by atoms with E-state index in [2.05, 4.69) is 19.9 Å². The first kappa shape index (κ1) is 21.3. The third kappa shape index (κ3) is 4.63. The maximum Gasteiger partial charge on any atom is 0.388 e. The quantitative estimate of drug-likeness (QED) is 0.394. The third-order valence-electron chi connectivity index (χ3n) is 3.41. The van der Waals surface area contributed by atoms with E-state index in [0.717, 1.165) is 16.8 Å². The van der Waals surface area contributed by atoms with Crippen LogP contribution in [0.25, 0.3) is 11.3 Å². The highest BCUT2D eigenvalue weighted by Crippen LogP contribution is 2.39. The summed E-state index contributed by atoms with van der Waals surface area (Å²) in [5.41, 5.74) is -1.59. The summed E-state index contributed by atoms with van der Waals surface area (Å²) < 4.78 is 49.2. The molecule has 0 saturated carbocycles. The molecule has 0 spiro atoms. The lowest BCUT2D eigenvalue weighted by Crippen LogP contribution is -2.17. The van der Waals surface area contributed by atoms with Crippen LogP contribution in [0.5, 0.6) is 5.88 Å². The highest BCUT2D eigenvalue weighted by atomic mass is 35.5. The van der Waals surface area contributed by atoms with Gasteiger partial charge in [0, 0.05) is 24.7 Å². The fourth-order valence-corrected chi connectivity index (χ4v) is 2.59. The number of aromatic nitrogens is 2. The second-order valence-corrected chi connectivity index (χ2v) is 5.61. The van der Waals surface area contributed by atoms with E-state index in [9.17, 15) is 28.1 Å². The average molecular weight is 423 g/mol. The zero-order chi connectivity index (χ0) is 21.0. The van der Waals surface area contributed by atoms with E-state index in [1.807, 2.05) is 0 Å². The largest absolute Gasteiger partial charge is 0.465 e. The van der Waals surface area contributed by atoms with Gasteiger partial charge in [-0.25, -0.2) is 9.07 Å². The van der Waals surface area contributed by atoms with Crippen molar-refractivity contribution in [1.29, 1.82) is 0 Å². The molecule has 2 rings (SSSR count). The monoisotopic (exact) mass is 422 g/mol. The molecule has 9 nitrogen and oxygen atoms in total. The number of rotatable bonds is 8. The third-order valence-corrected chi connectivity index (χ3v) is 3.75. The van der Waals surface area contributed by atoms with Gasteiger partial charge in [-0.15, -0.1) is 0 Å². The van der Waals surface area contributed by atoms with Gasteiger partial charge in [0.25, 0.3) is 5.69 Å². The normalized spacial score (nSPS) is 10.8. The Morgan fingerprint density at radius 3 is 2.71 bits per heavy atom. The SMILES string of the molecule is CCOC(=O)CNc1cc(F)c(-c2nn(C)c(OC(F)F)c2Cl)cc1[N+](=O)[O-]. The first-order valence-corrected chi connectivity index (χ1v) is 8.08. The number of nitro groups is 1. The number of aryl methyl sites for hydroxylation is 1. The van der Waals surface area contributed by atoms with E-state index >= 15 is 0 Å². The van der Waals surface area contributed by atoms with Crippen LogP contribution in [0.4, 0.5) is 24.5 Å². The number of benzene rings is 1. The molecule has 0 aliphatic carbocycles. The molecule has 2 aromatic rings. The van der Waals surface area contributed by atoms with E-state index < -0.39 is 52.0 Å². The van der Waals surface area contributed by atoms with Crippen LogP contribution >= 0.6 is 11.6 Å². The van der Waals surface area contributed by atoms with Gasteiger partial charge in [-0.3, -0.25) is 14.9 Å². The zero-order valence-electron chi connectivity index (χ0n) is 14.5. The first-order valence-electron chi connectivity index (χ1n) is 7.70. The number of nitro benzene ring substituents is 1. The summed E-state index contributed by atoms with van der Waals surface area (Å²) in [7, 11) is 1.23. The smallest absolute Gasteiger partial charge is 0.388 e. The van der Waals surface area contributed by atoms with E-state index in [-0.39, 0.29) is 18.0 Å². The van der Waals surface area contributed by atoms with E-state index in [4.69, 9.17) is 11.6 Å². The molecule has 1 N–H and O–H groups in total. The molecule has 0 fully saturated rings. The summed E-state index contributed by atoms with van der Waals surface area (Å²) >= 11 is 5.93. The number of carbonyl (C=O) groups excluding carboxylic acids is 1. The molecular formula is C15H14ClF3N4O5. The zero-order valence-corrected chi connectivity index (χ0v) is 15.3. The molecule has 0 amide bonds. The number of anilines is 1. The molecule has 0 unspecified atom stereocenters. The summed E-state index contributed by atoms with van der Waals surface area (Å²) in [6, 6.07) is 1.59. The van der Waals surface area contributed by atoms with Crippen molar-refractivity contribution in [3.05, 3.63) is 33.1 Å². The van der Waals surface area contributed by atoms with E-state index in [1.54, 1.807) is 6.92 Å². The molecule has 152 valence electrons. The minimum absolute atomic E-state index is 0.108. The molecule has 1 aromatic heterocycles. The van der Waals surface area contributed by atoms with E-state index in [0.29, 0.717) is 0 Å². The maximum absolute atomic E-state index is 14.6. The molecule has 0 atom stereocenters. The van der Waals surface area contributed by atoms with Crippen molar-refractivity contribution in [3.8, 4) is 17.1 Å². The molecule has 0 radical (unpaired) electrons. The molecule has 1 aromatic carbocycles. The fraction of sp³-hybridized carbons (Fsp3) is 0.333. The Balaban J connectivity index is 2.46. The Kier molecular flexibility index (Phi) is 6.67. The lowest BCUT2D eigenvalue weighted by atomic mass is 10.1. The van der Waals surface area contributed by atoms with Gasteiger partial charge < -0.3 is 14.8 Å². The Hall–Kier alpha value is -3.02. The van der Waals surface area contributed by atoms with Crippen LogP contribution in [-0.2, 0) is 16.6 Å². The minimum atomic E-state index is -3.20. The topological polar surface area (TPSA) is 109 Å². The Morgan fingerprint density at radius 2 is 2.14 bits per heavy atom. The molecule has 0 saturated heterocycles. The number of carbonyl (C=O) groups is 1. The average Bonchev–Trinajstić information content (AvgIpc) is 2.87. The minimum Gasteiger partial charge on any atom is -0.465 e. The standard InChI is InChI=1S/C15H14ClF3N4O5/c1-3-27-11(24)6-20-9-5-8(17)7(4-10(9)23(25)26)13-12(16)14(22(2)21-13)28-15(18)19/h4-5,15,20H,3,6H2,1-2H3. The van der Waals surface area contributed by atoms with Crippen LogP contribution in [-0.4, -0.2) is 40.4 Å². The highest BCUT2D eigenvalue weighted by molar-refractivity contribution is 6.34. The van der Waals surface area contributed by atoms with Crippen molar-refractivity contribution in [3.63, 3.8) is 0 Å². The van der Waals surface area contributed by atoms with Crippen LogP contribution in [0.2, 0.25) is 5.02 Å². The molecular weight excluding hydrogens is 409 g/mol. The van der Waals surface area contributed by atoms with Gasteiger partial charge in [-0.2, -0.15) is 13.9 Å². The molecule has 0 bridgehead atoms. The number of nitrogens with one attached hydrogen (secondary N) is 1. The second kappa shape index (κ2) is 8.78. The Bertz CT molecular complexity index is 906. The van der Waals surface area contributed by atoms with Crippen molar-refractivity contribution in [2.45, 2.75) is 13.5 Å². The maximum atomic E-state index is 14.6. The van der Waals surface area contributed by atoms with Crippen LogP contribution in [0, 0.1) is 15.9 Å². The molecule has 13 heteroatoms. The number of nitrogens with zero attached hydrogens (tertiary/aromatic N) is 3. The highest BCUT2D eigenvalue weighted by Gasteiger charge is 2.26. The van der Waals surface area contributed by atoms with Gasteiger partial charge in [-0.05, 0) is 6.92 Å². The number of ether oxygens (including phenoxy) is 2. The van der Waals surface area contributed by atoms with Crippen molar-refractivity contribution in [2.75, 3.05) is 18.5 Å². The number of halogens is 4. The molecule has 1 heterocycles. The van der Waals surface area contributed by atoms with Gasteiger partial charge in [0.1, 0.15) is 28.8 Å². The summed E-state index contributed by atoms with van der Waals surface area (Å²) in [6.45, 7) is -1.94. The number of hydrogen-bond donors (Lipinski definition) is 1. The van der Waals surface area contributed by atoms with Gasteiger partial charge >= 0.3 is 12.6 Å². The number of esters is 1. The van der Waals surface area contributed by atoms with Gasteiger partial charge in [0.2, 0.25) is 5.88 Å². The van der Waals surface area contributed by atoms with Crippen LogP contribution in [0.15, 0.2) is 12.1 Å². The van der Waals surface area contributed by atoms with Gasteiger partial charge in [0.15, 0.2) is 0 Å². The molecule has 0 aliphatic rings. The predicted octanol–water partition coefficient (Wildman–Crippen LogP) is 3.36. The van der Waals surface area contributed by atoms with Crippen molar-refractivity contribution < 1.29 is 32.4 Å². The lowest BCUT2D eigenvalue weighted by molar-refractivity contribution is -0.383. The summed E-state index contributed by atoms with van der Waals surface area (Å²) in [5.74, 6) is -2.21. The number of hydrogen-bond acceptors (Lipinski definition) is 7. The summed E-state index contributed by atoms with van der Waals surface area (Å²) in [4.78, 5) is 21.9. The van der Waals surface area contributed by atoms with Crippen LogP contribution in [0.1, 0.15) is 6.92 Å². The second-order valence-electron chi connectivity index (χ2n) is 5.23. The fourth-order valence-electron chi connectivity index (χ4n) is 2.28. The number of alkyl halides is 2. The van der Waals surface area contributed by atoms with E-state index in [1.165, 1.54) is 7.05 Å². The summed E-state index contributed by atoms with van der Waals surface area (Å²) in [6.07, 6.45) is 0. The molecule has 0 aliphatic heterocycles. The Labute approximate surface area is 161 Å². The van der Waals surface area contributed by atoms with Crippen molar-refractivity contribution >= 4 is 28.9 Å². The van der Waals surface area contributed by atoms with Crippen LogP contribution in [0.3, 0.4) is 0 Å². The molecule has 28 heavy (non-hydrogen) atoms. The summed E-state index contributed by atoms with van der Waals surface area (Å²) in [5, 5.41) is 17.1. The lowest BCUT2D eigenvalue weighted by Gasteiger charge is -2.09. The van der Waals surface area contributed by atoms with Gasteiger partial charge in [-0.1, -0.05) is 11.6 Å². The first-order chi connectivity index (χ1) is 13.1. The Morgan fingerprint density at radius 1 is 1.46 bits per heavy atom. The van der Waals surface area contributed by atoms with Crippen LogP contribution < -0.4 is 10.1 Å². The predicted molar refractivity (Wildman–Crippen MR) is 92.0 cm³/mol. The van der Waals surface area contributed by atoms with Crippen molar-refractivity contribution in [2.24, 2.45) is 7.05 Å². The van der Waals surface area contributed by atoms with Gasteiger partial charge in [0.05, 0.1) is 11.5 Å². The van der Waals surface area contributed by atoms with Crippen molar-refractivity contribution in [1.82, 2.24) is 9.78 Å².